The summed E-state index contributed by atoms with van der Waals surface area (Å²) < 4.78 is 5.36. The van der Waals surface area contributed by atoms with Gasteiger partial charge in [-0.05, 0) is 75.1 Å². The smallest absolute Gasteiger partial charge is 0.227 e. The molecule has 0 unspecified atom stereocenters. The molecule has 0 spiro atoms. The molecule has 150 valence electrons. The van der Waals surface area contributed by atoms with Gasteiger partial charge in [0.05, 0.1) is 7.11 Å². The monoisotopic (exact) mass is 390 g/mol. The van der Waals surface area contributed by atoms with E-state index in [0.29, 0.717) is 5.56 Å². The van der Waals surface area contributed by atoms with Gasteiger partial charge in [0.15, 0.2) is 5.78 Å². The van der Waals surface area contributed by atoms with Crippen molar-refractivity contribution in [1.29, 1.82) is 0 Å². The Bertz CT molecular complexity index is 986. The van der Waals surface area contributed by atoms with Gasteiger partial charge in [0.2, 0.25) is 5.91 Å². The zero-order valence-corrected chi connectivity index (χ0v) is 17.0. The summed E-state index contributed by atoms with van der Waals surface area (Å²) in [7, 11) is 1.64. The topological polar surface area (TPSA) is 67.4 Å². The lowest BCUT2D eigenvalue weighted by molar-refractivity contribution is -0.117. The number of ether oxygens (including phenoxy) is 1. The van der Waals surface area contributed by atoms with E-state index in [0.717, 1.165) is 42.0 Å². The van der Waals surface area contributed by atoms with Crippen LogP contribution in [0.5, 0.6) is 5.75 Å². The molecule has 1 saturated carbocycles. The molecular formula is C24H26N2O3. The molecule has 0 atom stereocenters. The number of amides is 1. The van der Waals surface area contributed by atoms with Crippen molar-refractivity contribution in [3.8, 4) is 5.75 Å². The maximum atomic E-state index is 12.9. The molecule has 0 saturated heterocycles. The summed E-state index contributed by atoms with van der Waals surface area (Å²) in [6, 6.07) is 13.0. The normalized spacial score (nSPS) is 18.5. The van der Waals surface area contributed by atoms with Gasteiger partial charge in [-0.15, -0.1) is 0 Å². The largest absolute Gasteiger partial charge is 0.497 e. The van der Waals surface area contributed by atoms with Crippen molar-refractivity contribution >= 4 is 23.1 Å². The Morgan fingerprint density at radius 3 is 2.52 bits per heavy atom. The third-order valence-electron chi connectivity index (χ3n) is 5.37. The maximum absolute atomic E-state index is 12.9. The van der Waals surface area contributed by atoms with Crippen molar-refractivity contribution in [2.75, 3.05) is 12.4 Å². The van der Waals surface area contributed by atoms with Crippen LogP contribution in [0.4, 0.5) is 5.69 Å². The van der Waals surface area contributed by atoms with E-state index in [-0.39, 0.29) is 23.1 Å². The van der Waals surface area contributed by atoms with Crippen LogP contribution in [0.25, 0.3) is 5.70 Å². The van der Waals surface area contributed by atoms with Crippen LogP contribution in [-0.2, 0) is 11.2 Å². The molecule has 0 bridgehead atoms. The van der Waals surface area contributed by atoms with Gasteiger partial charge in [-0.3, -0.25) is 9.59 Å². The molecule has 1 aliphatic carbocycles. The quantitative estimate of drug-likeness (QED) is 0.593. The average molecular weight is 390 g/mol. The van der Waals surface area contributed by atoms with E-state index in [9.17, 15) is 9.59 Å². The number of rotatable bonds is 5. The molecule has 1 amide bonds. The SMILES string of the molecule is COc1ccc2c(c1)C(=CC(=O)c1ccc(NC(=O)C3CC3)cc1)NC(C)(C)C2. The third-order valence-corrected chi connectivity index (χ3v) is 5.37. The van der Waals surface area contributed by atoms with E-state index in [1.165, 1.54) is 5.56 Å². The zero-order chi connectivity index (χ0) is 20.6. The van der Waals surface area contributed by atoms with Crippen LogP contribution in [0, 0.1) is 5.92 Å². The van der Waals surface area contributed by atoms with Crippen LogP contribution in [0.15, 0.2) is 48.5 Å². The van der Waals surface area contributed by atoms with E-state index >= 15 is 0 Å². The Balaban J connectivity index is 1.58. The number of ketones is 1. The number of carbonyl (C=O) groups is 2. The first-order valence-electron chi connectivity index (χ1n) is 9.97. The molecular weight excluding hydrogens is 364 g/mol. The van der Waals surface area contributed by atoms with Crippen LogP contribution in [0.3, 0.4) is 0 Å². The van der Waals surface area contributed by atoms with E-state index in [1.54, 1.807) is 37.5 Å². The second kappa shape index (κ2) is 7.39. The molecule has 29 heavy (non-hydrogen) atoms. The van der Waals surface area contributed by atoms with E-state index in [4.69, 9.17) is 4.74 Å². The maximum Gasteiger partial charge on any atom is 0.227 e. The van der Waals surface area contributed by atoms with Crippen molar-refractivity contribution in [3.63, 3.8) is 0 Å². The van der Waals surface area contributed by atoms with Crippen LogP contribution in [0.1, 0.15) is 48.2 Å². The first-order valence-corrected chi connectivity index (χ1v) is 9.97. The summed E-state index contributed by atoms with van der Waals surface area (Å²) >= 11 is 0. The van der Waals surface area contributed by atoms with E-state index < -0.39 is 0 Å². The molecule has 1 heterocycles. The minimum atomic E-state index is -0.148. The van der Waals surface area contributed by atoms with E-state index in [1.807, 2.05) is 12.1 Å². The summed E-state index contributed by atoms with van der Waals surface area (Å²) in [6.07, 6.45) is 4.45. The molecule has 1 fully saturated rings. The van der Waals surface area contributed by atoms with Crippen molar-refractivity contribution in [1.82, 2.24) is 5.32 Å². The van der Waals surface area contributed by atoms with Crippen LogP contribution in [-0.4, -0.2) is 24.3 Å². The molecule has 5 heteroatoms. The standard InChI is InChI=1S/C24H26N2O3/c1-24(2)14-17-8-11-19(29-3)12-20(17)21(26-24)13-22(27)15-6-9-18(10-7-15)25-23(28)16-4-5-16/h6-13,16,26H,4-5,14H2,1-3H3,(H,25,28). The molecule has 0 radical (unpaired) electrons. The van der Waals surface area contributed by atoms with Gasteiger partial charge in [0.1, 0.15) is 5.75 Å². The highest BCUT2D eigenvalue weighted by molar-refractivity contribution is 6.09. The number of methoxy groups -OCH3 is 1. The fourth-order valence-corrected chi connectivity index (χ4v) is 3.68. The molecule has 2 aliphatic rings. The number of fused-ring (bicyclic) bond motifs is 1. The van der Waals surface area contributed by atoms with Crippen LogP contribution >= 0.6 is 0 Å². The Morgan fingerprint density at radius 1 is 1.14 bits per heavy atom. The van der Waals surface area contributed by atoms with Gasteiger partial charge in [0, 0.05) is 40.0 Å². The molecule has 2 N–H and O–H groups in total. The summed E-state index contributed by atoms with van der Waals surface area (Å²) in [5.41, 5.74) is 4.13. The first-order chi connectivity index (χ1) is 13.8. The summed E-state index contributed by atoms with van der Waals surface area (Å²) in [5.74, 6) is 0.891. The average Bonchev–Trinajstić information content (AvgIpc) is 3.53. The number of hydrogen-bond donors (Lipinski definition) is 2. The molecule has 5 nitrogen and oxygen atoms in total. The number of benzene rings is 2. The third kappa shape index (κ3) is 4.34. The van der Waals surface area contributed by atoms with E-state index in [2.05, 4.69) is 30.5 Å². The molecule has 4 rings (SSSR count). The highest BCUT2D eigenvalue weighted by Gasteiger charge is 2.30. The zero-order valence-electron chi connectivity index (χ0n) is 17.0. The van der Waals surface area contributed by atoms with Crippen molar-refractivity contribution in [2.24, 2.45) is 5.92 Å². The van der Waals surface area contributed by atoms with Gasteiger partial charge in [-0.25, -0.2) is 0 Å². The van der Waals surface area contributed by atoms with Gasteiger partial charge in [-0.2, -0.15) is 0 Å². The highest BCUT2D eigenvalue weighted by Crippen LogP contribution is 2.33. The second-order valence-corrected chi connectivity index (χ2v) is 8.47. The van der Waals surface area contributed by atoms with Gasteiger partial charge >= 0.3 is 0 Å². The number of nitrogens with one attached hydrogen (secondary N) is 2. The highest BCUT2D eigenvalue weighted by atomic mass is 16.5. The predicted molar refractivity (Wildman–Crippen MR) is 114 cm³/mol. The minimum Gasteiger partial charge on any atom is -0.497 e. The summed E-state index contributed by atoms with van der Waals surface area (Å²) in [4.78, 5) is 24.8. The Hall–Kier alpha value is -3.08. The fourth-order valence-electron chi connectivity index (χ4n) is 3.68. The molecule has 2 aromatic carbocycles. The summed E-state index contributed by atoms with van der Waals surface area (Å²) in [5, 5.41) is 6.38. The Morgan fingerprint density at radius 2 is 1.86 bits per heavy atom. The fraction of sp³-hybridized carbons (Fsp3) is 0.333. The van der Waals surface area contributed by atoms with Gasteiger partial charge in [-0.1, -0.05) is 6.07 Å². The second-order valence-electron chi connectivity index (χ2n) is 8.47. The lowest BCUT2D eigenvalue weighted by Gasteiger charge is -2.35. The molecule has 0 aromatic heterocycles. The van der Waals surface area contributed by atoms with Crippen molar-refractivity contribution in [3.05, 3.63) is 65.2 Å². The Kier molecular flexibility index (Phi) is 4.91. The lowest BCUT2D eigenvalue weighted by atomic mass is 9.85. The number of hydrogen-bond acceptors (Lipinski definition) is 4. The minimum absolute atomic E-state index is 0.0605. The molecule has 2 aromatic rings. The predicted octanol–water partition coefficient (Wildman–Crippen LogP) is 4.19. The van der Waals surface area contributed by atoms with Crippen molar-refractivity contribution < 1.29 is 14.3 Å². The van der Waals surface area contributed by atoms with Gasteiger partial charge < -0.3 is 15.4 Å². The van der Waals surface area contributed by atoms with Crippen molar-refractivity contribution in [2.45, 2.75) is 38.6 Å². The Labute approximate surface area is 171 Å². The van der Waals surface area contributed by atoms with Crippen LogP contribution < -0.4 is 15.4 Å². The van der Waals surface area contributed by atoms with Gasteiger partial charge in [0.25, 0.3) is 0 Å². The van der Waals surface area contributed by atoms with Crippen LogP contribution in [0.2, 0.25) is 0 Å². The number of allylic oxidation sites excluding steroid dienone is 1. The molecule has 1 aliphatic heterocycles. The number of carbonyl (C=O) groups excluding carboxylic acids is 2. The number of anilines is 1. The lowest BCUT2D eigenvalue weighted by Crippen LogP contribution is -2.43. The first kappa shape index (κ1) is 19.2. The summed E-state index contributed by atoms with van der Waals surface area (Å²) in [6.45, 7) is 4.24.